The maximum Gasteiger partial charge on any atom is 0.326 e. The average Bonchev–Trinajstić information content (AvgIpc) is 3.27. The fraction of sp³-hybridized carbons (Fsp3) is 0.526. The number of hydrogen-bond acceptors (Lipinski definition) is 9. The average molecular weight is 517 g/mol. The molecule has 0 aliphatic heterocycles. The van der Waals surface area contributed by atoms with Crippen molar-refractivity contribution in [1.82, 2.24) is 25.9 Å². The van der Waals surface area contributed by atoms with Crippen LogP contribution in [0.15, 0.2) is 12.5 Å². The minimum Gasteiger partial charge on any atom is -0.481 e. The molecule has 0 radical (unpaired) electrons. The van der Waals surface area contributed by atoms with Crippen LogP contribution in [0.4, 0.5) is 0 Å². The normalized spacial score (nSPS) is 14.1. The van der Waals surface area contributed by atoms with Gasteiger partial charge >= 0.3 is 17.9 Å². The number of hydrogen-bond donors (Lipinski definition) is 8. The Balaban J connectivity index is 3.04. The summed E-state index contributed by atoms with van der Waals surface area (Å²) in [6, 6.07) is -5.70. The van der Waals surface area contributed by atoms with Crippen molar-refractivity contribution in [3.8, 4) is 0 Å². The maximum absolute atomic E-state index is 13.0. The van der Waals surface area contributed by atoms with Crippen LogP contribution in [0.2, 0.25) is 0 Å². The van der Waals surface area contributed by atoms with Gasteiger partial charge in [0.15, 0.2) is 0 Å². The summed E-state index contributed by atoms with van der Waals surface area (Å²) in [6.07, 6.45) is 2.89. The molecule has 0 saturated carbocycles. The molecule has 1 aromatic rings. The summed E-state index contributed by atoms with van der Waals surface area (Å²) in [5.41, 5.74) is 6.00. The van der Waals surface area contributed by atoms with Gasteiger partial charge in [-0.3, -0.25) is 24.0 Å². The first-order valence-electron chi connectivity index (χ1n) is 10.2. The van der Waals surface area contributed by atoms with Gasteiger partial charge in [0.05, 0.1) is 25.2 Å². The second-order valence-corrected chi connectivity index (χ2v) is 8.37. The molecule has 16 heteroatoms. The fourth-order valence-electron chi connectivity index (χ4n) is 2.81. The predicted molar refractivity (Wildman–Crippen MR) is 121 cm³/mol. The smallest absolute Gasteiger partial charge is 0.326 e. The van der Waals surface area contributed by atoms with E-state index in [1.807, 2.05) is 0 Å². The van der Waals surface area contributed by atoms with Gasteiger partial charge in [0, 0.05) is 18.3 Å². The molecule has 0 spiro atoms. The Kier molecular flexibility index (Phi) is 12.2. The monoisotopic (exact) mass is 516 g/mol. The second-order valence-electron chi connectivity index (χ2n) is 7.39. The number of nitrogens with zero attached hydrogens (tertiary/aromatic N) is 1. The topological polar surface area (TPSA) is 254 Å². The molecule has 9 N–H and O–H groups in total. The van der Waals surface area contributed by atoms with Gasteiger partial charge in [-0.1, -0.05) is 0 Å². The first kappa shape index (κ1) is 29.4. The molecule has 0 aliphatic rings. The highest BCUT2D eigenvalue weighted by atomic mass is 32.2. The summed E-state index contributed by atoms with van der Waals surface area (Å²) in [6.45, 7) is 0. The number of carbonyl (C=O) groups is 6. The number of carboxylic acids is 3. The molecule has 0 aromatic carbocycles. The van der Waals surface area contributed by atoms with Crippen molar-refractivity contribution in [3.05, 3.63) is 18.2 Å². The summed E-state index contributed by atoms with van der Waals surface area (Å²) in [4.78, 5) is 77.6. The van der Waals surface area contributed by atoms with Crippen molar-refractivity contribution >= 4 is 47.4 Å². The largest absolute Gasteiger partial charge is 0.481 e. The lowest BCUT2D eigenvalue weighted by molar-refractivity contribution is -0.147. The summed E-state index contributed by atoms with van der Waals surface area (Å²) < 4.78 is 0. The zero-order chi connectivity index (χ0) is 26.5. The van der Waals surface area contributed by atoms with E-state index >= 15 is 0 Å². The molecule has 0 bridgehead atoms. The summed E-state index contributed by atoms with van der Waals surface area (Å²) in [5, 5.41) is 33.8. The third kappa shape index (κ3) is 10.9. The Bertz CT molecular complexity index is 911. The lowest BCUT2D eigenvalue weighted by Crippen LogP contribution is -2.58. The van der Waals surface area contributed by atoms with Gasteiger partial charge < -0.3 is 42.0 Å². The number of imidazole rings is 1. The van der Waals surface area contributed by atoms with E-state index in [1.54, 1.807) is 6.26 Å². The Morgan fingerprint density at radius 2 is 1.51 bits per heavy atom. The van der Waals surface area contributed by atoms with Crippen molar-refractivity contribution in [2.24, 2.45) is 5.73 Å². The molecular weight excluding hydrogens is 488 g/mol. The first-order valence-corrected chi connectivity index (χ1v) is 11.6. The summed E-state index contributed by atoms with van der Waals surface area (Å²) in [7, 11) is 0. The number of thioether (sulfide) groups is 1. The Morgan fingerprint density at radius 1 is 0.943 bits per heavy atom. The van der Waals surface area contributed by atoms with Gasteiger partial charge in [-0.15, -0.1) is 0 Å². The fourth-order valence-corrected chi connectivity index (χ4v) is 3.28. The van der Waals surface area contributed by atoms with Gasteiger partial charge in [-0.25, -0.2) is 9.78 Å². The zero-order valence-corrected chi connectivity index (χ0v) is 19.5. The molecule has 4 atom stereocenters. The van der Waals surface area contributed by atoms with Crippen molar-refractivity contribution < 1.29 is 44.1 Å². The van der Waals surface area contributed by atoms with E-state index in [9.17, 15) is 33.9 Å². The van der Waals surface area contributed by atoms with Gasteiger partial charge in [-0.2, -0.15) is 11.8 Å². The van der Waals surface area contributed by atoms with E-state index in [2.05, 4.69) is 25.9 Å². The van der Waals surface area contributed by atoms with E-state index in [0.29, 0.717) is 11.4 Å². The van der Waals surface area contributed by atoms with Crippen LogP contribution in [0.3, 0.4) is 0 Å². The Labute approximate surface area is 203 Å². The van der Waals surface area contributed by atoms with E-state index in [-0.39, 0.29) is 12.8 Å². The molecule has 194 valence electrons. The van der Waals surface area contributed by atoms with Crippen LogP contribution in [-0.2, 0) is 35.2 Å². The highest BCUT2D eigenvalue weighted by Crippen LogP contribution is 2.06. The van der Waals surface area contributed by atoms with Crippen molar-refractivity contribution in [3.63, 3.8) is 0 Å². The van der Waals surface area contributed by atoms with Crippen LogP contribution in [0.25, 0.3) is 0 Å². The number of carbonyl (C=O) groups excluding carboxylic acids is 3. The molecule has 4 unspecified atom stereocenters. The number of aromatic amines is 1. The molecule has 1 aromatic heterocycles. The molecule has 1 heterocycles. The Hall–Kier alpha value is -3.66. The van der Waals surface area contributed by atoms with Crippen molar-refractivity contribution in [2.45, 2.75) is 49.9 Å². The molecule has 0 fully saturated rings. The highest BCUT2D eigenvalue weighted by Gasteiger charge is 2.31. The van der Waals surface area contributed by atoms with E-state index < -0.39 is 72.6 Å². The standard InChI is InChI=1S/C19H28N6O9S/c1-35-3-2-11(17(31)25-13(19(33)34)6-15(28)29)23-18(32)12(4-9-7-21-8-22-9)24-16(30)10(20)5-14(26)27/h7-8,10-13H,2-6,20H2,1H3,(H,21,22)(H,23,32)(H,24,30)(H,25,31)(H,26,27)(H,28,29)(H,33,34). The third-order valence-electron chi connectivity index (χ3n) is 4.58. The highest BCUT2D eigenvalue weighted by molar-refractivity contribution is 7.98. The SMILES string of the molecule is CSCCC(NC(=O)C(Cc1cnc[nH]1)NC(=O)C(N)CC(=O)O)C(=O)NC(CC(=O)O)C(=O)O. The molecule has 3 amide bonds. The van der Waals surface area contributed by atoms with Gasteiger partial charge in [0.1, 0.15) is 18.1 Å². The van der Waals surface area contributed by atoms with Crippen LogP contribution in [0, 0.1) is 0 Å². The number of carboxylic acid groups (broad SMARTS) is 3. The molecule has 35 heavy (non-hydrogen) atoms. The van der Waals surface area contributed by atoms with Gasteiger partial charge in [-0.05, 0) is 18.4 Å². The summed E-state index contributed by atoms with van der Waals surface area (Å²) in [5.74, 6) is -6.60. The molecule has 1 rings (SSSR count). The number of H-pyrrole nitrogens is 1. The van der Waals surface area contributed by atoms with Crippen LogP contribution >= 0.6 is 11.8 Å². The number of nitrogens with one attached hydrogen (secondary N) is 4. The number of amides is 3. The van der Waals surface area contributed by atoms with E-state index in [1.165, 1.54) is 24.3 Å². The van der Waals surface area contributed by atoms with E-state index in [4.69, 9.17) is 15.9 Å². The first-order chi connectivity index (χ1) is 16.4. The zero-order valence-electron chi connectivity index (χ0n) is 18.7. The lowest BCUT2D eigenvalue weighted by atomic mass is 10.1. The molecule has 0 aliphatic carbocycles. The van der Waals surface area contributed by atoms with Crippen LogP contribution in [0.1, 0.15) is 25.0 Å². The van der Waals surface area contributed by atoms with Crippen LogP contribution in [-0.4, -0.2) is 97.1 Å². The number of aromatic nitrogens is 2. The lowest BCUT2D eigenvalue weighted by Gasteiger charge is -2.24. The number of aliphatic carboxylic acids is 3. The third-order valence-corrected chi connectivity index (χ3v) is 5.22. The van der Waals surface area contributed by atoms with E-state index in [0.717, 1.165) is 0 Å². The second kappa shape index (κ2) is 14.6. The van der Waals surface area contributed by atoms with Crippen molar-refractivity contribution in [1.29, 1.82) is 0 Å². The van der Waals surface area contributed by atoms with Gasteiger partial charge in [0.25, 0.3) is 0 Å². The molecule has 0 saturated heterocycles. The van der Waals surface area contributed by atoms with Crippen LogP contribution in [0.5, 0.6) is 0 Å². The Morgan fingerprint density at radius 3 is 2.03 bits per heavy atom. The minimum absolute atomic E-state index is 0.0708. The molecule has 15 nitrogen and oxygen atoms in total. The van der Waals surface area contributed by atoms with Crippen molar-refractivity contribution in [2.75, 3.05) is 12.0 Å². The molecular formula is C19H28N6O9S. The predicted octanol–water partition coefficient (Wildman–Crippen LogP) is -2.48. The number of rotatable bonds is 16. The quantitative estimate of drug-likeness (QED) is 0.114. The summed E-state index contributed by atoms with van der Waals surface area (Å²) >= 11 is 1.35. The van der Waals surface area contributed by atoms with Crippen LogP contribution < -0.4 is 21.7 Å². The number of nitrogens with two attached hydrogens (primary N) is 1. The van der Waals surface area contributed by atoms with Gasteiger partial charge in [0.2, 0.25) is 17.7 Å². The minimum atomic E-state index is -1.72. The maximum atomic E-state index is 13.0.